The van der Waals surface area contributed by atoms with Crippen LogP contribution in [0.4, 0.5) is 20.3 Å². The molecular formula is C19H23F2N3. The number of aromatic nitrogens is 1. The summed E-state index contributed by atoms with van der Waals surface area (Å²) in [5.74, 6) is 0.723. The number of nitrogens with zero attached hydrogens (tertiary/aromatic N) is 2. The Labute approximate surface area is 141 Å². The number of anilines is 2. The lowest BCUT2D eigenvalue weighted by molar-refractivity contribution is 0.152. The fourth-order valence-electron chi connectivity index (χ4n) is 3.35. The van der Waals surface area contributed by atoms with Crippen molar-refractivity contribution in [2.45, 2.75) is 39.2 Å². The van der Waals surface area contributed by atoms with E-state index in [-0.39, 0.29) is 5.56 Å². The molecule has 5 heteroatoms. The highest BCUT2D eigenvalue weighted by atomic mass is 19.3. The maximum atomic E-state index is 13.7. The molecule has 24 heavy (non-hydrogen) atoms. The quantitative estimate of drug-likeness (QED) is 0.864. The van der Waals surface area contributed by atoms with Gasteiger partial charge in [-0.25, -0.2) is 13.8 Å². The van der Waals surface area contributed by atoms with Gasteiger partial charge in [-0.05, 0) is 62.1 Å². The molecule has 0 aliphatic carbocycles. The zero-order valence-corrected chi connectivity index (χ0v) is 14.3. The molecule has 1 N–H and O–H groups in total. The number of hydrogen-bond acceptors (Lipinski definition) is 3. The van der Waals surface area contributed by atoms with Crippen LogP contribution in [-0.4, -0.2) is 24.6 Å². The van der Waals surface area contributed by atoms with Crippen molar-refractivity contribution in [2.75, 3.05) is 23.8 Å². The first-order chi connectivity index (χ1) is 11.5. The summed E-state index contributed by atoms with van der Waals surface area (Å²) in [4.78, 5) is 6.48. The second-order valence-corrected chi connectivity index (χ2v) is 6.44. The van der Waals surface area contributed by atoms with E-state index in [1.165, 1.54) is 0 Å². The van der Waals surface area contributed by atoms with Crippen molar-refractivity contribution in [1.29, 1.82) is 0 Å². The molecule has 0 bridgehead atoms. The Bertz CT molecular complexity index is 711. The third-order valence-corrected chi connectivity index (χ3v) is 4.59. The molecule has 0 unspecified atom stereocenters. The van der Waals surface area contributed by atoms with Gasteiger partial charge in [0.25, 0.3) is 6.43 Å². The molecule has 1 aliphatic rings. The molecule has 0 saturated heterocycles. The summed E-state index contributed by atoms with van der Waals surface area (Å²) in [5, 5.41) is 2.95. The summed E-state index contributed by atoms with van der Waals surface area (Å²) < 4.78 is 27.4. The number of fused-ring (bicyclic) bond motifs is 1. The SMILES string of the molecule is CNc1ccc(-c2cc3c(cc2C(F)F)N(C(C)C)CCC3)cn1. The normalized spacial score (nSPS) is 14.2. The van der Waals surface area contributed by atoms with Crippen LogP contribution in [-0.2, 0) is 6.42 Å². The molecule has 0 amide bonds. The highest BCUT2D eigenvalue weighted by Gasteiger charge is 2.24. The summed E-state index contributed by atoms with van der Waals surface area (Å²) in [6, 6.07) is 7.57. The van der Waals surface area contributed by atoms with Gasteiger partial charge in [-0.1, -0.05) is 0 Å². The first-order valence-corrected chi connectivity index (χ1v) is 8.37. The van der Waals surface area contributed by atoms with Crippen molar-refractivity contribution in [1.82, 2.24) is 4.98 Å². The molecule has 3 nitrogen and oxygen atoms in total. The number of aryl methyl sites for hydroxylation is 1. The zero-order valence-electron chi connectivity index (χ0n) is 14.3. The average molecular weight is 331 g/mol. The molecule has 128 valence electrons. The highest BCUT2D eigenvalue weighted by Crippen LogP contribution is 2.39. The van der Waals surface area contributed by atoms with Gasteiger partial charge in [-0.3, -0.25) is 0 Å². The molecule has 0 fully saturated rings. The van der Waals surface area contributed by atoms with Crippen molar-refractivity contribution in [3.8, 4) is 11.1 Å². The van der Waals surface area contributed by atoms with Gasteiger partial charge in [0.05, 0.1) is 0 Å². The fraction of sp³-hybridized carbons (Fsp3) is 0.421. The van der Waals surface area contributed by atoms with Crippen molar-refractivity contribution < 1.29 is 8.78 Å². The molecule has 1 aromatic carbocycles. The molecule has 0 spiro atoms. The predicted octanol–water partition coefficient (Wildman–Crippen LogP) is 4.89. The second-order valence-electron chi connectivity index (χ2n) is 6.44. The topological polar surface area (TPSA) is 28.2 Å². The summed E-state index contributed by atoms with van der Waals surface area (Å²) in [6.45, 7) is 5.13. The summed E-state index contributed by atoms with van der Waals surface area (Å²) >= 11 is 0. The standard InChI is InChI=1S/C19H23F2N3/c1-12(2)24-8-4-5-13-9-15(16(19(20)21)10-17(13)24)14-6-7-18(22-3)23-11-14/h6-7,9-12,19H,4-5,8H2,1-3H3,(H,22,23). The molecular weight excluding hydrogens is 308 g/mol. The highest BCUT2D eigenvalue weighted by molar-refractivity contribution is 5.74. The van der Waals surface area contributed by atoms with E-state index in [2.05, 4.69) is 29.0 Å². The first-order valence-electron chi connectivity index (χ1n) is 8.37. The van der Waals surface area contributed by atoms with Crippen molar-refractivity contribution in [3.05, 3.63) is 41.6 Å². The predicted molar refractivity (Wildman–Crippen MR) is 95.0 cm³/mol. The van der Waals surface area contributed by atoms with E-state index in [4.69, 9.17) is 0 Å². The Morgan fingerprint density at radius 2 is 2.00 bits per heavy atom. The molecule has 0 radical (unpaired) electrons. The summed E-state index contributed by atoms with van der Waals surface area (Å²) in [5.41, 5.74) is 3.50. The van der Waals surface area contributed by atoms with E-state index in [0.29, 0.717) is 11.6 Å². The van der Waals surface area contributed by atoms with Crippen LogP contribution in [0.3, 0.4) is 0 Å². The lowest BCUT2D eigenvalue weighted by Crippen LogP contribution is -2.35. The number of rotatable bonds is 4. The van der Waals surface area contributed by atoms with Crippen LogP contribution in [0.15, 0.2) is 30.5 Å². The molecule has 1 aromatic heterocycles. The number of hydrogen-bond donors (Lipinski definition) is 1. The second kappa shape index (κ2) is 6.75. The number of benzene rings is 1. The van der Waals surface area contributed by atoms with Gasteiger partial charge < -0.3 is 10.2 Å². The van der Waals surface area contributed by atoms with Crippen molar-refractivity contribution >= 4 is 11.5 Å². The minimum atomic E-state index is -2.51. The molecule has 2 aromatic rings. The van der Waals surface area contributed by atoms with Crippen molar-refractivity contribution in [3.63, 3.8) is 0 Å². The van der Waals surface area contributed by atoms with Gasteiger partial charge in [0.15, 0.2) is 0 Å². The average Bonchev–Trinajstić information content (AvgIpc) is 2.59. The van der Waals surface area contributed by atoms with E-state index in [9.17, 15) is 8.78 Å². The largest absolute Gasteiger partial charge is 0.373 e. The van der Waals surface area contributed by atoms with Gasteiger partial charge in [-0.2, -0.15) is 0 Å². The Morgan fingerprint density at radius 3 is 2.58 bits per heavy atom. The summed E-state index contributed by atoms with van der Waals surface area (Å²) in [7, 11) is 1.78. The molecule has 3 rings (SSSR count). The van der Waals surface area contributed by atoms with Crippen LogP contribution in [0.1, 0.15) is 37.8 Å². The molecule has 0 saturated carbocycles. The zero-order chi connectivity index (χ0) is 17.3. The maximum Gasteiger partial charge on any atom is 0.264 e. The van der Waals surface area contributed by atoms with Gasteiger partial charge in [-0.15, -0.1) is 0 Å². The van der Waals surface area contributed by atoms with E-state index in [1.54, 1.807) is 19.3 Å². The van der Waals surface area contributed by atoms with Crippen LogP contribution in [0.25, 0.3) is 11.1 Å². The number of nitrogens with one attached hydrogen (secondary N) is 1. The lowest BCUT2D eigenvalue weighted by atomic mass is 9.92. The minimum absolute atomic E-state index is 0.0836. The van der Waals surface area contributed by atoms with Gasteiger partial charge in [0, 0.05) is 42.6 Å². The summed E-state index contributed by atoms with van der Waals surface area (Å²) in [6.07, 6.45) is 1.13. The van der Waals surface area contributed by atoms with Crippen LogP contribution >= 0.6 is 0 Å². The third kappa shape index (κ3) is 3.07. The van der Waals surface area contributed by atoms with Gasteiger partial charge >= 0.3 is 0 Å². The Hall–Kier alpha value is -2.17. The Balaban J connectivity index is 2.12. The van der Waals surface area contributed by atoms with Crippen molar-refractivity contribution in [2.24, 2.45) is 0 Å². The fourth-order valence-corrected chi connectivity index (χ4v) is 3.35. The number of alkyl halides is 2. The van der Waals surface area contributed by atoms with E-state index < -0.39 is 6.43 Å². The van der Waals surface area contributed by atoms with Gasteiger partial charge in [0.2, 0.25) is 0 Å². The monoisotopic (exact) mass is 331 g/mol. The first kappa shape index (κ1) is 16.7. The molecule has 0 atom stereocenters. The van der Waals surface area contributed by atoms with E-state index in [0.717, 1.165) is 42.0 Å². The molecule has 1 aliphatic heterocycles. The van der Waals surface area contributed by atoms with E-state index >= 15 is 0 Å². The van der Waals surface area contributed by atoms with Crippen LogP contribution < -0.4 is 10.2 Å². The smallest absolute Gasteiger partial charge is 0.264 e. The van der Waals surface area contributed by atoms with Gasteiger partial charge in [0.1, 0.15) is 5.82 Å². The maximum absolute atomic E-state index is 13.7. The lowest BCUT2D eigenvalue weighted by Gasteiger charge is -2.35. The third-order valence-electron chi connectivity index (χ3n) is 4.59. The minimum Gasteiger partial charge on any atom is -0.373 e. The Kier molecular flexibility index (Phi) is 4.69. The van der Waals surface area contributed by atoms with Crippen LogP contribution in [0.5, 0.6) is 0 Å². The van der Waals surface area contributed by atoms with Crippen LogP contribution in [0.2, 0.25) is 0 Å². The van der Waals surface area contributed by atoms with Crippen LogP contribution in [0, 0.1) is 0 Å². The molecule has 2 heterocycles. The van der Waals surface area contributed by atoms with E-state index in [1.807, 2.05) is 18.2 Å². The number of halogens is 2. The number of pyridine rings is 1. The Morgan fingerprint density at radius 1 is 1.21 bits per heavy atom.